The van der Waals surface area contributed by atoms with E-state index in [1.165, 1.54) is 0 Å². The van der Waals surface area contributed by atoms with Gasteiger partial charge in [0.1, 0.15) is 6.61 Å². The number of carbonyl (C=O) groups excluding carboxylic acids is 1. The van der Waals surface area contributed by atoms with Gasteiger partial charge in [-0.2, -0.15) is 0 Å². The number of amides is 1. The third-order valence-electron chi connectivity index (χ3n) is 3.27. The van der Waals surface area contributed by atoms with E-state index in [1.807, 2.05) is 32.3 Å². The smallest absolute Gasteiger partial charge is 0.220 e. The highest BCUT2D eigenvalue weighted by molar-refractivity contribution is 5.75. The molecule has 1 amide bonds. The van der Waals surface area contributed by atoms with Crippen LogP contribution in [0.25, 0.3) is 0 Å². The van der Waals surface area contributed by atoms with Gasteiger partial charge >= 0.3 is 0 Å². The summed E-state index contributed by atoms with van der Waals surface area (Å²) in [6.07, 6.45) is 2.54. The largest absolute Gasteiger partial charge is 0.493 e. The van der Waals surface area contributed by atoms with Crippen molar-refractivity contribution in [1.82, 2.24) is 10.2 Å². The lowest BCUT2D eigenvalue weighted by atomic mass is 10.2. The molecule has 0 saturated carbocycles. The number of benzene rings is 1. The van der Waals surface area contributed by atoms with Crippen molar-refractivity contribution >= 4 is 5.91 Å². The van der Waals surface area contributed by atoms with Crippen LogP contribution < -0.4 is 14.8 Å². The van der Waals surface area contributed by atoms with Crippen LogP contribution in [0.3, 0.4) is 0 Å². The van der Waals surface area contributed by atoms with Gasteiger partial charge in [-0.1, -0.05) is 19.4 Å². The predicted octanol–water partition coefficient (Wildman–Crippen LogP) is 2.44. The maximum Gasteiger partial charge on any atom is 0.220 e. The van der Waals surface area contributed by atoms with Crippen molar-refractivity contribution < 1.29 is 14.3 Å². The van der Waals surface area contributed by atoms with Crippen molar-refractivity contribution in [1.29, 1.82) is 0 Å². The molecule has 0 aromatic heterocycles. The topological polar surface area (TPSA) is 50.8 Å². The molecule has 0 fully saturated rings. The lowest BCUT2D eigenvalue weighted by Gasteiger charge is -2.14. The molecule has 0 atom stereocenters. The van der Waals surface area contributed by atoms with Gasteiger partial charge in [0, 0.05) is 19.5 Å². The Hall–Kier alpha value is -1.75. The molecule has 124 valence electrons. The van der Waals surface area contributed by atoms with Gasteiger partial charge in [-0.25, -0.2) is 0 Å². The molecule has 5 nitrogen and oxygen atoms in total. The molecule has 5 heteroatoms. The van der Waals surface area contributed by atoms with E-state index in [9.17, 15) is 4.79 Å². The number of methoxy groups -OCH3 is 1. The van der Waals surface area contributed by atoms with Crippen LogP contribution in [0.2, 0.25) is 0 Å². The van der Waals surface area contributed by atoms with Gasteiger partial charge in [-0.05, 0) is 38.2 Å². The van der Waals surface area contributed by atoms with Gasteiger partial charge in [0.2, 0.25) is 5.91 Å². The Morgan fingerprint density at radius 1 is 1.27 bits per heavy atom. The van der Waals surface area contributed by atoms with Crippen molar-refractivity contribution in [3.8, 4) is 11.5 Å². The first-order valence-corrected chi connectivity index (χ1v) is 7.78. The van der Waals surface area contributed by atoms with Crippen LogP contribution in [0, 0.1) is 0 Å². The first kappa shape index (κ1) is 18.3. The van der Waals surface area contributed by atoms with Crippen LogP contribution in [0.4, 0.5) is 0 Å². The van der Waals surface area contributed by atoms with Crippen molar-refractivity contribution in [3.63, 3.8) is 0 Å². The lowest BCUT2D eigenvalue weighted by Crippen LogP contribution is -2.22. The van der Waals surface area contributed by atoms with Crippen molar-refractivity contribution in [2.45, 2.75) is 32.7 Å². The summed E-state index contributed by atoms with van der Waals surface area (Å²) in [5.74, 6) is 1.51. The lowest BCUT2D eigenvalue weighted by molar-refractivity contribution is -0.121. The summed E-state index contributed by atoms with van der Waals surface area (Å²) >= 11 is 0. The molecule has 0 heterocycles. The number of unbranched alkanes of at least 4 members (excludes halogenated alkanes) is 1. The van der Waals surface area contributed by atoms with Gasteiger partial charge in [-0.3, -0.25) is 4.79 Å². The van der Waals surface area contributed by atoms with Crippen molar-refractivity contribution in [3.05, 3.63) is 23.8 Å². The van der Waals surface area contributed by atoms with Crippen molar-refractivity contribution in [2.24, 2.45) is 0 Å². The number of nitrogens with one attached hydrogen (secondary N) is 1. The van der Waals surface area contributed by atoms with E-state index in [0.29, 0.717) is 25.3 Å². The van der Waals surface area contributed by atoms with E-state index in [2.05, 4.69) is 17.1 Å². The van der Waals surface area contributed by atoms with Crippen molar-refractivity contribution in [2.75, 3.05) is 34.4 Å². The van der Waals surface area contributed by atoms with Gasteiger partial charge in [0.15, 0.2) is 11.5 Å². The van der Waals surface area contributed by atoms with Gasteiger partial charge in [0.25, 0.3) is 0 Å². The molecule has 0 aliphatic heterocycles. The molecule has 0 aliphatic rings. The molecule has 1 rings (SSSR count). The first-order chi connectivity index (χ1) is 10.6. The Labute approximate surface area is 133 Å². The number of likely N-dealkylation sites (N-methyl/N-ethyl adjacent to an activating group) is 1. The molecule has 0 bridgehead atoms. The second-order valence-corrected chi connectivity index (χ2v) is 5.52. The van der Waals surface area contributed by atoms with E-state index in [-0.39, 0.29) is 5.91 Å². The molecular formula is C17H28N2O3. The molecule has 1 aromatic rings. The fourth-order valence-corrected chi connectivity index (χ4v) is 1.91. The van der Waals surface area contributed by atoms with E-state index in [0.717, 1.165) is 30.7 Å². The zero-order chi connectivity index (χ0) is 16.4. The quantitative estimate of drug-likeness (QED) is 0.721. The minimum atomic E-state index is 0.0899. The summed E-state index contributed by atoms with van der Waals surface area (Å²) < 4.78 is 11.1. The average molecular weight is 308 g/mol. The molecule has 22 heavy (non-hydrogen) atoms. The average Bonchev–Trinajstić information content (AvgIpc) is 2.51. The SMILES string of the molecule is CCCCC(=O)NCc1ccc(OCCN(C)C)c(OC)c1. The van der Waals surface area contributed by atoms with E-state index >= 15 is 0 Å². The predicted molar refractivity (Wildman–Crippen MR) is 88.4 cm³/mol. The number of nitrogens with zero attached hydrogens (tertiary/aromatic N) is 1. The summed E-state index contributed by atoms with van der Waals surface area (Å²) in [6, 6.07) is 5.75. The Morgan fingerprint density at radius 3 is 2.68 bits per heavy atom. The summed E-state index contributed by atoms with van der Waals surface area (Å²) in [7, 11) is 5.63. The highest BCUT2D eigenvalue weighted by Crippen LogP contribution is 2.28. The number of hydrogen-bond donors (Lipinski definition) is 1. The van der Waals surface area contributed by atoms with E-state index in [4.69, 9.17) is 9.47 Å². The third kappa shape index (κ3) is 6.80. The Kier molecular flexibility index (Phi) is 8.36. The van der Waals surface area contributed by atoms with Crippen LogP contribution in [0.5, 0.6) is 11.5 Å². The van der Waals surface area contributed by atoms with Crippen LogP contribution in [-0.4, -0.2) is 45.2 Å². The molecular weight excluding hydrogens is 280 g/mol. The van der Waals surface area contributed by atoms with Gasteiger partial charge < -0.3 is 19.7 Å². The minimum Gasteiger partial charge on any atom is -0.493 e. The van der Waals surface area contributed by atoms with Gasteiger partial charge in [0.05, 0.1) is 7.11 Å². The highest BCUT2D eigenvalue weighted by Gasteiger charge is 2.07. The van der Waals surface area contributed by atoms with E-state index < -0.39 is 0 Å². The summed E-state index contributed by atoms with van der Waals surface area (Å²) in [6.45, 7) is 4.04. The molecule has 0 spiro atoms. The summed E-state index contributed by atoms with van der Waals surface area (Å²) in [4.78, 5) is 13.7. The monoisotopic (exact) mass is 308 g/mol. The normalized spacial score (nSPS) is 10.6. The zero-order valence-corrected chi connectivity index (χ0v) is 14.1. The molecule has 0 saturated heterocycles. The maximum absolute atomic E-state index is 11.6. The van der Waals surface area contributed by atoms with Crippen LogP contribution >= 0.6 is 0 Å². The third-order valence-corrected chi connectivity index (χ3v) is 3.27. The number of ether oxygens (including phenoxy) is 2. The second kappa shape index (κ2) is 10.1. The molecule has 1 aromatic carbocycles. The fourth-order valence-electron chi connectivity index (χ4n) is 1.91. The standard InChI is InChI=1S/C17H28N2O3/c1-5-6-7-17(20)18-13-14-8-9-15(16(12-14)21-4)22-11-10-19(2)3/h8-9,12H,5-7,10-11,13H2,1-4H3,(H,18,20). The van der Waals surface area contributed by atoms with Crippen LogP contribution in [0.15, 0.2) is 18.2 Å². The Balaban J connectivity index is 2.54. The number of carbonyl (C=O) groups is 1. The molecule has 0 radical (unpaired) electrons. The Bertz CT molecular complexity index is 461. The summed E-state index contributed by atoms with van der Waals surface area (Å²) in [5, 5.41) is 2.92. The molecule has 1 N–H and O–H groups in total. The van der Waals surface area contributed by atoms with E-state index in [1.54, 1.807) is 7.11 Å². The molecule has 0 aliphatic carbocycles. The molecule has 0 unspecified atom stereocenters. The maximum atomic E-state index is 11.6. The fraction of sp³-hybridized carbons (Fsp3) is 0.588. The Morgan fingerprint density at radius 2 is 2.05 bits per heavy atom. The number of rotatable bonds is 10. The van der Waals surface area contributed by atoms with Crippen LogP contribution in [0.1, 0.15) is 31.7 Å². The second-order valence-electron chi connectivity index (χ2n) is 5.52. The highest BCUT2D eigenvalue weighted by atomic mass is 16.5. The van der Waals surface area contributed by atoms with Crippen LogP contribution in [-0.2, 0) is 11.3 Å². The number of hydrogen-bond acceptors (Lipinski definition) is 4. The first-order valence-electron chi connectivity index (χ1n) is 7.78. The van der Waals surface area contributed by atoms with Gasteiger partial charge in [-0.15, -0.1) is 0 Å². The minimum absolute atomic E-state index is 0.0899. The summed E-state index contributed by atoms with van der Waals surface area (Å²) in [5.41, 5.74) is 1.00. The zero-order valence-electron chi connectivity index (χ0n) is 14.1.